The lowest BCUT2D eigenvalue weighted by atomic mass is 9.86. The Morgan fingerprint density at radius 1 is 1.13 bits per heavy atom. The fraction of sp³-hybridized carbons (Fsp3) is 0.565. The second-order valence-corrected chi connectivity index (χ2v) is 8.39. The van der Waals surface area contributed by atoms with Gasteiger partial charge in [0.15, 0.2) is 6.10 Å². The zero-order chi connectivity index (χ0) is 22.4. The number of nitrogens with one attached hydrogen (secondary N) is 2. The van der Waals surface area contributed by atoms with Crippen molar-refractivity contribution >= 4 is 29.4 Å². The third-order valence-electron chi connectivity index (χ3n) is 6.02. The van der Waals surface area contributed by atoms with Gasteiger partial charge in [0.05, 0.1) is 0 Å². The summed E-state index contributed by atoms with van der Waals surface area (Å²) in [6, 6.07) is 6.77. The number of hydrogen-bond donors (Lipinski definition) is 2. The summed E-state index contributed by atoms with van der Waals surface area (Å²) >= 11 is 0. The number of amides is 3. The minimum Gasteiger partial charge on any atom is -0.451 e. The average molecular weight is 430 g/mol. The molecular formula is C23H31N3O5. The SMILES string of the molecule is C[C@@H](OC(=O)CNC(=O)c1ccc(N2CCCC2=O)cc1)C(=O)N[C@@H]1CCCC[C@@H]1C. The largest absolute Gasteiger partial charge is 0.451 e. The standard InChI is InChI=1S/C23H31N3O5/c1-15-6-3-4-7-19(15)25-22(29)16(2)31-21(28)14-24-23(30)17-9-11-18(12-10-17)26-13-5-8-20(26)27/h9-12,15-16,19H,3-8,13-14H2,1-2H3,(H,24,30)(H,25,29)/t15-,16+,19+/m0/s1. The van der Waals surface area contributed by atoms with Crippen LogP contribution in [0.3, 0.4) is 0 Å². The van der Waals surface area contributed by atoms with Crippen LogP contribution in [0.4, 0.5) is 5.69 Å². The molecule has 1 aromatic carbocycles. The highest BCUT2D eigenvalue weighted by Crippen LogP contribution is 2.24. The highest BCUT2D eigenvalue weighted by Gasteiger charge is 2.26. The van der Waals surface area contributed by atoms with Crippen molar-refractivity contribution in [1.29, 1.82) is 0 Å². The van der Waals surface area contributed by atoms with Crippen LogP contribution in [0, 0.1) is 5.92 Å². The van der Waals surface area contributed by atoms with E-state index in [9.17, 15) is 19.2 Å². The van der Waals surface area contributed by atoms with E-state index < -0.39 is 18.0 Å². The maximum atomic E-state index is 12.3. The second kappa shape index (κ2) is 10.4. The zero-order valence-electron chi connectivity index (χ0n) is 18.2. The van der Waals surface area contributed by atoms with Crippen molar-refractivity contribution in [3.8, 4) is 0 Å². The van der Waals surface area contributed by atoms with Crippen LogP contribution in [0.15, 0.2) is 24.3 Å². The highest BCUT2D eigenvalue weighted by atomic mass is 16.5. The average Bonchev–Trinajstić information content (AvgIpc) is 3.19. The first-order valence-electron chi connectivity index (χ1n) is 11.0. The number of hydrogen-bond acceptors (Lipinski definition) is 5. The molecule has 0 aromatic heterocycles. The Hall–Kier alpha value is -2.90. The van der Waals surface area contributed by atoms with Gasteiger partial charge in [0.2, 0.25) is 5.91 Å². The summed E-state index contributed by atoms with van der Waals surface area (Å²) in [4.78, 5) is 50.1. The monoisotopic (exact) mass is 429 g/mol. The van der Waals surface area contributed by atoms with E-state index in [1.54, 1.807) is 29.2 Å². The molecule has 0 bridgehead atoms. The molecule has 168 valence electrons. The lowest BCUT2D eigenvalue weighted by Gasteiger charge is -2.30. The van der Waals surface area contributed by atoms with Crippen LogP contribution in [0.1, 0.15) is 62.7 Å². The molecule has 31 heavy (non-hydrogen) atoms. The van der Waals surface area contributed by atoms with Crippen LogP contribution in [-0.2, 0) is 19.1 Å². The molecule has 1 heterocycles. The molecule has 2 N–H and O–H groups in total. The van der Waals surface area contributed by atoms with Crippen LogP contribution >= 0.6 is 0 Å². The first-order valence-corrected chi connectivity index (χ1v) is 11.0. The van der Waals surface area contributed by atoms with Gasteiger partial charge in [0.25, 0.3) is 11.8 Å². The Kier molecular flexibility index (Phi) is 7.65. The van der Waals surface area contributed by atoms with Crippen molar-refractivity contribution in [3.63, 3.8) is 0 Å². The van der Waals surface area contributed by atoms with Crippen LogP contribution in [0.5, 0.6) is 0 Å². The van der Waals surface area contributed by atoms with Crippen LogP contribution in [-0.4, -0.2) is 48.9 Å². The topological polar surface area (TPSA) is 105 Å². The summed E-state index contributed by atoms with van der Waals surface area (Å²) in [5.74, 6) is -0.923. The molecule has 0 unspecified atom stereocenters. The van der Waals surface area contributed by atoms with Crippen LogP contribution < -0.4 is 15.5 Å². The summed E-state index contributed by atoms with van der Waals surface area (Å²) in [6.07, 6.45) is 4.74. The van der Waals surface area contributed by atoms with Crippen molar-refractivity contribution in [2.45, 2.75) is 64.5 Å². The van der Waals surface area contributed by atoms with Gasteiger partial charge in [0.1, 0.15) is 6.54 Å². The summed E-state index contributed by atoms with van der Waals surface area (Å²) in [7, 11) is 0. The van der Waals surface area contributed by atoms with Gasteiger partial charge in [-0.15, -0.1) is 0 Å². The molecule has 1 aliphatic heterocycles. The molecule has 1 aromatic rings. The smallest absolute Gasteiger partial charge is 0.326 e. The Bertz CT molecular complexity index is 823. The molecule has 1 saturated heterocycles. The van der Waals surface area contributed by atoms with Gasteiger partial charge in [0, 0.05) is 30.3 Å². The second-order valence-electron chi connectivity index (χ2n) is 8.39. The van der Waals surface area contributed by atoms with Crippen molar-refractivity contribution in [3.05, 3.63) is 29.8 Å². The molecule has 8 nitrogen and oxygen atoms in total. The molecule has 3 atom stereocenters. The van der Waals surface area contributed by atoms with E-state index >= 15 is 0 Å². The van der Waals surface area contributed by atoms with E-state index in [1.165, 1.54) is 13.3 Å². The molecule has 8 heteroatoms. The van der Waals surface area contributed by atoms with Crippen LogP contribution in [0.25, 0.3) is 0 Å². The van der Waals surface area contributed by atoms with E-state index in [2.05, 4.69) is 17.6 Å². The number of carbonyl (C=O) groups excluding carboxylic acids is 4. The van der Waals surface area contributed by atoms with Gasteiger partial charge in [-0.2, -0.15) is 0 Å². The number of anilines is 1. The molecule has 0 radical (unpaired) electrons. The molecule has 0 spiro atoms. The molecule has 2 aliphatic rings. The normalized spacial score (nSPS) is 22.0. The zero-order valence-corrected chi connectivity index (χ0v) is 18.2. The van der Waals surface area contributed by atoms with E-state index in [4.69, 9.17) is 4.74 Å². The Morgan fingerprint density at radius 3 is 2.48 bits per heavy atom. The fourth-order valence-corrected chi connectivity index (χ4v) is 4.09. The lowest BCUT2D eigenvalue weighted by molar-refractivity contribution is -0.154. The van der Waals surface area contributed by atoms with Gasteiger partial charge in [-0.05, 0) is 56.4 Å². The van der Waals surface area contributed by atoms with Crippen molar-refractivity contribution < 1.29 is 23.9 Å². The third-order valence-corrected chi connectivity index (χ3v) is 6.02. The van der Waals surface area contributed by atoms with Crippen molar-refractivity contribution in [2.75, 3.05) is 18.0 Å². The quantitative estimate of drug-likeness (QED) is 0.647. The van der Waals surface area contributed by atoms with Gasteiger partial charge in [-0.25, -0.2) is 0 Å². The van der Waals surface area contributed by atoms with E-state index in [-0.39, 0.29) is 24.4 Å². The number of benzene rings is 1. The predicted molar refractivity (Wildman–Crippen MR) is 115 cm³/mol. The maximum Gasteiger partial charge on any atom is 0.326 e. The van der Waals surface area contributed by atoms with Gasteiger partial charge < -0.3 is 20.3 Å². The number of esters is 1. The Balaban J connectivity index is 1.42. The highest BCUT2D eigenvalue weighted by molar-refractivity contribution is 5.98. The lowest BCUT2D eigenvalue weighted by Crippen LogP contribution is -2.46. The Labute approximate surface area is 182 Å². The van der Waals surface area contributed by atoms with Gasteiger partial charge >= 0.3 is 5.97 Å². The fourth-order valence-electron chi connectivity index (χ4n) is 4.09. The van der Waals surface area contributed by atoms with E-state index in [0.29, 0.717) is 24.4 Å². The summed E-state index contributed by atoms with van der Waals surface area (Å²) in [5.41, 5.74) is 1.13. The molecule has 3 amide bonds. The summed E-state index contributed by atoms with van der Waals surface area (Å²) in [5, 5.41) is 5.47. The third kappa shape index (κ3) is 6.06. The van der Waals surface area contributed by atoms with Crippen LogP contribution in [0.2, 0.25) is 0 Å². The molecule has 1 saturated carbocycles. The summed E-state index contributed by atoms with van der Waals surface area (Å²) in [6.45, 7) is 4.00. The number of nitrogens with zero attached hydrogens (tertiary/aromatic N) is 1. The maximum absolute atomic E-state index is 12.3. The van der Waals surface area contributed by atoms with Gasteiger partial charge in [-0.1, -0.05) is 19.8 Å². The molecule has 2 fully saturated rings. The summed E-state index contributed by atoms with van der Waals surface area (Å²) < 4.78 is 5.16. The van der Waals surface area contributed by atoms with Gasteiger partial charge in [-0.3, -0.25) is 19.2 Å². The predicted octanol–water partition coefficient (Wildman–Crippen LogP) is 2.17. The number of carbonyl (C=O) groups is 4. The first-order chi connectivity index (χ1) is 14.8. The molecule has 1 aliphatic carbocycles. The first kappa shape index (κ1) is 22.8. The van der Waals surface area contributed by atoms with E-state index in [1.807, 2.05) is 0 Å². The van der Waals surface area contributed by atoms with Crippen molar-refractivity contribution in [2.24, 2.45) is 5.92 Å². The minimum absolute atomic E-state index is 0.0797. The number of ether oxygens (including phenoxy) is 1. The molecule has 3 rings (SSSR count). The molecular weight excluding hydrogens is 398 g/mol. The minimum atomic E-state index is -0.921. The van der Waals surface area contributed by atoms with Crippen molar-refractivity contribution in [1.82, 2.24) is 10.6 Å². The Morgan fingerprint density at radius 2 is 1.84 bits per heavy atom. The van der Waals surface area contributed by atoms with E-state index in [0.717, 1.165) is 31.4 Å². The number of rotatable bonds is 7.